The van der Waals surface area contributed by atoms with E-state index in [2.05, 4.69) is 6.92 Å². The molecular formula is C40H74O13. The molecule has 0 amide bonds. The molecular weight excluding hydrogens is 688 g/mol. The highest BCUT2D eigenvalue weighted by Gasteiger charge is 1.98. The molecule has 13 nitrogen and oxygen atoms in total. The van der Waals surface area contributed by atoms with Gasteiger partial charge < -0.3 is 61.6 Å². The predicted octanol–water partition coefficient (Wildman–Crippen LogP) is 5.41. The van der Waals surface area contributed by atoms with Crippen molar-refractivity contribution in [2.45, 2.75) is 58.3 Å². The van der Waals surface area contributed by atoms with Gasteiger partial charge in [-0.1, -0.05) is 70.1 Å². The van der Waals surface area contributed by atoms with Crippen LogP contribution in [0.15, 0.2) is 30.3 Å². The average molecular weight is 763 g/mol. The lowest BCUT2D eigenvalue weighted by Gasteiger charge is -2.09. The van der Waals surface area contributed by atoms with Gasteiger partial charge in [0.25, 0.3) is 0 Å². The number of benzene rings is 1. The number of rotatable bonds is 46. The molecule has 0 saturated heterocycles. The van der Waals surface area contributed by atoms with Crippen molar-refractivity contribution in [2.75, 3.05) is 165 Å². The fourth-order valence-corrected chi connectivity index (χ4v) is 4.59. The van der Waals surface area contributed by atoms with Crippen LogP contribution in [0.1, 0.15) is 58.3 Å². The molecule has 1 aromatic carbocycles. The highest BCUT2D eigenvalue weighted by atomic mass is 16.6. The van der Waals surface area contributed by atoms with Crippen LogP contribution >= 0.6 is 0 Å². The van der Waals surface area contributed by atoms with Crippen LogP contribution in [0.5, 0.6) is 5.75 Å². The molecule has 0 spiro atoms. The van der Waals surface area contributed by atoms with Gasteiger partial charge in [-0.2, -0.15) is 0 Å². The maximum atomic E-state index is 5.63. The standard InChI is InChI=1S/C40H74O13/c1-2-3-4-5-6-7-8-12-15-41-16-17-42-18-19-43-20-21-44-22-23-45-24-25-46-26-27-47-28-29-48-30-31-49-32-33-50-34-35-51-36-37-52-38-39-53-40-13-10-9-11-14-40/h9-11,13-14H,2-8,12,15-39H2,1H3. The number of para-hydroxylation sites is 1. The van der Waals surface area contributed by atoms with Gasteiger partial charge in [0, 0.05) is 6.61 Å². The van der Waals surface area contributed by atoms with Gasteiger partial charge in [0.15, 0.2) is 0 Å². The minimum atomic E-state index is 0.512. The van der Waals surface area contributed by atoms with Crippen LogP contribution in [0.2, 0.25) is 0 Å². The molecule has 0 radical (unpaired) electrons. The molecule has 0 aliphatic heterocycles. The van der Waals surface area contributed by atoms with E-state index in [1.165, 1.54) is 44.9 Å². The van der Waals surface area contributed by atoms with E-state index in [1.807, 2.05) is 30.3 Å². The Kier molecular flexibility index (Phi) is 42.0. The van der Waals surface area contributed by atoms with E-state index in [9.17, 15) is 0 Å². The third-order valence-electron chi connectivity index (χ3n) is 7.47. The van der Waals surface area contributed by atoms with Crippen LogP contribution < -0.4 is 4.74 Å². The maximum Gasteiger partial charge on any atom is 0.119 e. The Morgan fingerprint density at radius 2 is 0.509 bits per heavy atom. The first-order chi connectivity index (χ1) is 26.4. The van der Waals surface area contributed by atoms with Crippen molar-refractivity contribution >= 4 is 0 Å². The number of ether oxygens (including phenoxy) is 13. The molecule has 0 fully saturated rings. The maximum absolute atomic E-state index is 5.63. The molecule has 0 aliphatic carbocycles. The normalized spacial score (nSPS) is 11.5. The lowest BCUT2D eigenvalue weighted by molar-refractivity contribution is -0.0285. The van der Waals surface area contributed by atoms with Crippen LogP contribution in [0, 0.1) is 0 Å². The second-order valence-electron chi connectivity index (χ2n) is 12.0. The monoisotopic (exact) mass is 763 g/mol. The summed E-state index contributed by atoms with van der Waals surface area (Å²) in [4.78, 5) is 0. The molecule has 0 heterocycles. The minimum absolute atomic E-state index is 0.512. The SMILES string of the molecule is CCCCCCCCCCOCCOCCOCCOCCOCCOCCOCCOCCOCCOCCOCCOCCOc1ccccc1. The summed E-state index contributed by atoms with van der Waals surface area (Å²) in [6, 6.07) is 9.68. The van der Waals surface area contributed by atoms with Crippen LogP contribution in [-0.4, -0.2) is 165 Å². The van der Waals surface area contributed by atoms with Gasteiger partial charge in [0.1, 0.15) is 12.4 Å². The molecule has 13 heteroatoms. The molecule has 0 aliphatic rings. The molecule has 0 N–H and O–H groups in total. The second kappa shape index (κ2) is 44.9. The van der Waals surface area contributed by atoms with Crippen LogP contribution in [0.3, 0.4) is 0 Å². The molecule has 0 unspecified atom stereocenters. The Bertz CT molecular complexity index is 793. The molecule has 0 saturated carbocycles. The third kappa shape index (κ3) is 41.5. The van der Waals surface area contributed by atoms with Crippen molar-refractivity contribution in [3.8, 4) is 5.75 Å². The van der Waals surface area contributed by atoms with Crippen molar-refractivity contribution in [3.05, 3.63) is 30.3 Å². The summed E-state index contributed by atoms with van der Waals surface area (Å²) in [7, 11) is 0. The quantitative estimate of drug-likeness (QED) is 0.0789. The van der Waals surface area contributed by atoms with Crippen molar-refractivity contribution in [3.63, 3.8) is 0 Å². The zero-order valence-electron chi connectivity index (χ0n) is 33.0. The zero-order valence-corrected chi connectivity index (χ0v) is 33.0. The fourth-order valence-electron chi connectivity index (χ4n) is 4.59. The summed E-state index contributed by atoms with van der Waals surface area (Å²) < 4.78 is 71.8. The fraction of sp³-hybridized carbons (Fsp3) is 0.850. The van der Waals surface area contributed by atoms with Gasteiger partial charge in [0.05, 0.1) is 152 Å². The average Bonchev–Trinajstić information content (AvgIpc) is 3.18. The van der Waals surface area contributed by atoms with Gasteiger partial charge in [-0.3, -0.25) is 0 Å². The summed E-state index contributed by atoms with van der Waals surface area (Å²) in [5, 5.41) is 0. The van der Waals surface area contributed by atoms with Gasteiger partial charge in [-0.25, -0.2) is 0 Å². The number of hydrogen-bond donors (Lipinski definition) is 0. The van der Waals surface area contributed by atoms with Crippen molar-refractivity contribution in [2.24, 2.45) is 0 Å². The Balaban J connectivity index is 1.60. The zero-order chi connectivity index (χ0) is 37.6. The smallest absolute Gasteiger partial charge is 0.119 e. The Morgan fingerprint density at radius 3 is 0.811 bits per heavy atom. The molecule has 312 valence electrons. The van der Waals surface area contributed by atoms with E-state index >= 15 is 0 Å². The molecule has 0 bridgehead atoms. The summed E-state index contributed by atoms with van der Waals surface area (Å²) in [5.41, 5.74) is 0. The van der Waals surface area contributed by atoms with E-state index in [0.29, 0.717) is 159 Å². The first kappa shape index (κ1) is 49.6. The Hall–Kier alpha value is -1.46. The van der Waals surface area contributed by atoms with E-state index in [0.717, 1.165) is 18.8 Å². The summed E-state index contributed by atoms with van der Waals surface area (Å²) in [5.74, 6) is 0.845. The van der Waals surface area contributed by atoms with Gasteiger partial charge in [-0.05, 0) is 18.6 Å². The van der Waals surface area contributed by atoms with Crippen molar-refractivity contribution < 1.29 is 61.6 Å². The van der Waals surface area contributed by atoms with Crippen LogP contribution in [-0.2, 0) is 56.8 Å². The first-order valence-corrected chi connectivity index (χ1v) is 20.0. The predicted molar refractivity (Wildman–Crippen MR) is 204 cm³/mol. The highest BCUT2D eigenvalue weighted by Crippen LogP contribution is 2.09. The molecule has 1 aromatic rings. The Labute approximate surface area is 320 Å². The topological polar surface area (TPSA) is 120 Å². The number of hydrogen-bond acceptors (Lipinski definition) is 13. The Morgan fingerprint density at radius 1 is 0.264 bits per heavy atom. The van der Waals surface area contributed by atoms with Crippen molar-refractivity contribution in [1.29, 1.82) is 0 Å². The van der Waals surface area contributed by atoms with Crippen LogP contribution in [0.4, 0.5) is 0 Å². The minimum Gasteiger partial charge on any atom is -0.491 e. The highest BCUT2D eigenvalue weighted by molar-refractivity contribution is 5.20. The summed E-state index contributed by atoms with van der Waals surface area (Å²) in [6.07, 6.45) is 10.5. The lowest BCUT2D eigenvalue weighted by atomic mass is 10.1. The molecule has 1 rings (SSSR count). The van der Waals surface area contributed by atoms with Crippen molar-refractivity contribution in [1.82, 2.24) is 0 Å². The van der Waals surface area contributed by atoms with Crippen LogP contribution in [0.25, 0.3) is 0 Å². The summed E-state index contributed by atoms with van der Waals surface area (Å²) >= 11 is 0. The molecule has 0 atom stereocenters. The van der Waals surface area contributed by atoms with E-state index < -0.39 is 0 Å². The van der Waals surface area contributed by atoms with Gasteiger partial charge in [0.2, 0.25) is 0 Å². The molecule has 53 heavy (non-hydrogen) atoms. The van der Waals surface area contributed by atoms with Gasteiger partial charge >= 0.3 is 0 Å². The molecule has 0 aromatic heterocycles. The van der Waals surface area contributed by atoms with E-state index in [1.54, 1.807) is 0 Å². The lowest BCUT2D eigenvalue weighted by Crippen LogP contribution is -2.15. The van der Waals surface area contributed by atoms with E-state index in [4.69, 9.17) is 61.6 Å². The van der Waals surface area contributed by atoms with Gasteiger partial charge in [-0.15, -0.1) is 0 Å². The third-order valence-corrected chi connectivity index (χ3v) is 7.47. The summed E-state index contributed by atoms with van der Waals surface area (Å²) in [6.45, 7) is 15.9. The largest absolute Gasteiger partial charge is 0.491 e. The second-order valence-corrected chi connectivity index (χ2v) is 12.0. The first-order valence-electron chi connectivity index (χ1n) is 20.0. The van der Waals surface area contributed by atoms with E-state index in [-0.39, 0.29) is 0 Å². The number of unbranched alkanes of at least 4 members (excludes halogenated alkanes) is 7.